The van der Waals surface area contributed by atoms with Crippen LogP contribution >= 0.6 is 15.9 Å². The quantitative estimate of drug-likeness (QED) is 0.875. The van der Waals surface area contributed by atoms with Gasteiger partial charge in [0.2, 0.25) is 5.91 Å². The lowest BCUT2D eigenvalue weighted by Gasteiger charge is -2.14. The standard InChI is InChI=1S/C14H16BrNO/c15-10-5-6-13-11(8-10)12(14(17)16-13)7-9-3-1-2-4-9/h5-6,8-9,12H,1-4,7H2,(H,16,17). The van der Waals surface area contributed by atoms with E-state index in [9.17, 15) is 4.79 Å². The lowest BCUT2D eigenvalue weighted by atomic mass is 9.89. The van der Waals surface area contributed by atoms with Crippen LogP contribution < -0.4 is 5.32 Å². The Balaban J connectivity index is 1.85. The molecule has 1 aromatic rings. The molecule has 17 heavy (non-hydrogen) atoms. The summed E-state index contributed by atoms with van der Waals surface area (Å²) in [7, 11) is 0. The van der Waals surface area contributed by atoms with Gasteiger partial charge >= 0.3 is 0 Å². The van der Waals surface area contributed by atoms with E-state index < -0.39 is 0 Å². The summed E-state index contributed by atoms with van der Waals surface area (Å²) in [5.41, 5.74) is 2.18. The van der Waals surface area contributed by atoms with Crippen LogP contribution in [0.1, 0.15) is 43.6 Å². The van der Waals surface area contributed by atoms with Gasteiger partial charge in [0.15, 0.2) is 0 Å². The van der Waals surface area contributed by atoms with E-state index in [1.165, 1.54) is 31.2 Å². The molecule has 1 atom stereocenters. The third-order valence-electron chi connectivity index (χ3n) is 4.01. The molecule has 1 N–H and O–H groups in total. The third-order valence-corrected chi connectivity index (χ3v) is 4.50. The van der Waals surface area contributed by atoms with Crippen molar-refractivity contribution in [3.63, 3.8) is 0 Å². The first-order chi connectivity index (χ1) is 8.24. The molecule has 2 aliphatic rings. The number of benzene rings is 1. The van der Waals surface area contributed by atoms with Crippen LogP contribution in [0.15, 0.2) is 22.7 Å². The maximum absolute atomic E-state index is 12.0. The first-order valence-corrected chi connectivity index (χ1v) is 7.13. The number of hydrogen-bond acceptors (Lipinski definition) is 1. The molecule has 3 heteroatoms. The molecule has 1 aliphatic carbocycles. The van der Waals surface area contributed by atoms with Crippen molar-refractivity contribution in [2.75, 3.05) is 5.32 Å². The second kappa shape index (κ2) is 4.45. The molecule has 1 amide bonds. The summed E-state index contributed by atoms with van der Waals surface area (Å²) in [6.45, 7) is 0. The van der Waals surface area contributed by atoms with Gasteiger partial charge < -0.3 is 5.32 Å². The Labute approximate surface area is 110 Å². The molecule has 2 nitrogen and oxygen atoms in total. The second-order valence-corrected chi connectivity index (χ2v) is 6.08. The van der Waals surface area contributed by atoms with Gasteiger partial charge in [-0.3, -0.25) is 4.79 Å². The summed E-state index contributed by atoms with van der Waals surface area (Å²) in [5.74, 6) is 1.01. The van der Waals surface area contributed by atoms with Gasteiger partial charge in [0.25, 0.3) is 0 Å². The molecule has 0 spiro atoms. The van der Waals surface area contributed by atoms with Crippen molar-refractivity contribution in [3.8, 4) is 0 Å². The Morgan fingerprint density at radius 1 is 1.29 bits per heavy atom. The number of carbonyl (C=O) groups is 1. The Morgan fingerprint density at radius 2 is 2.06 bits per heavy atom. The first-order valence-electron chi connectivity index (χ1n) is 6.34. The third kappa shape index (κ3) is 2.13. The van der Waals surface area contributed by atoms with Crippen LogP contribution in [0.3, 0.4) is 0 Å². The summed E-state index contributed by atoms with van der Waals surface area (Å²) in [5, 5.41) is 2.99. The number of nitrogens with one attached hydrogen (secondary N) is 1. The van der Waals surface area contributed by atoms with Crippen LogP contribution in [-0.4, -0.2) is 5.91 Å². The number of fused-ring (bicyclic) bond motifs is 1. The van der Waals surface area contributed by atoms with Gasteiger partial charge in [0.05, 0.1) is 5.92 Å². The molecule has 0 aromatic heterocycles. The number of amides is 1. The van der Waals surface area contributed by atoms with Crippen molar-refractivity contribution < 1.29 is 4.79 Å². The highest BCUT2D eigenvalue weighted by molar-refractivity contribution is 9.10. The van der Waals surface area contributed by atoms with Gasteiger partial charge in [0.1, 0.15) is 0 Å². The van der Waals surface area contributed by atoms with Crippen LogP contribution in [0.5, 0.6) is 0 Å². The molecule has 1 aliphatic heterocycles. The number of halogens is 1. The molecule has 3 rings (SSSR count). The lowest BCUT2D eigenvalue weighted by molar-refractivity contribution is -0.117. The minimum Gasteiger partial charge on any atom is -0.325 e. The predicted molar refractivity (Wildman–Crippen MR) is 72.1 cm³/mol. The fourth-order valence-corrected chi connectivity index (χ4v) is 3.49. The first kappa shape index (κ1) is 11.3. The van der Waals surface area contributed by atoms with Crippen molar-refractivity contribution >= 4 is 27.5 Å². The lowest BCUT2D eigenvalue weighted by Crippen LogP contribution is -2.14. The maximum Gasteiger partial charge on any atom is 0.232 e. The largest absolute Gasteiger partial charge is 0.325 e. The average Bonchev–Trinajstić information content (AvgIpc) is 2.90. The van der Waals surface area contributed by atoms with Gasteiger partial charge in [0, 0.05) is 10.2 Å². The number of hydrogen-bond donors (Lipinski definition) is 1. The van der Waals surface area contributed by atoms with Crippen molar-refractivity contribution in [1.29, 1.82) is 0 Å². The summed E-state index contributed by atoms with van der Waals surface area (Å²) in [6.07, 6.45) is 6.30. The van der Waals surface area contributed by atoms with Crippen LogP contribution in [0.2, 0.25) is 0 Å². The van der Waals surface area contributed by atoms with E-state index in [2.05, 4.69) is 27.3 Å². The highest BCUT2D eigenvalue weighted by Gasteiger charge is 2.33. The number of rotatable bonds is 2. The number of anilines is 1. The van der Waals surface area contributed by atoms with E-state index >= 15 is 0 Å². The monoisotopic (exact) mass is 293 g/mol. The molecule has 0 bridgehead atoms. The Kier molecular flexibility index (Phi) is 2.95. The van der Waals surface area contributed by atoms with Gasteiger partial charge in [-0.25, -0.2) is 0 Å². The minimum atomic E-state index is 0.0746. The van der Waals surface area contributed by atoms with E-state index in [4.69, 9.17) is 0 Å². The summed E-state index contributed by atoms with van der Waals surface area (Å²) in [4.78, 5) is 12.0. The highest BCUT2D eigenvalue weighted by atomic mass is 79.9. The highest BCUT2D eigenvalue weighted by Crippen LogP contribution is 2.41. The van der Waals surface area contributed by atoms with Crippen molar-refractivity contribution in [1.82, 2.24) is 0 Å². The minimum absolute atomic E-state index is 0.0746. The fourth-order valence-electron chi connectivity index (χ4n) is 3.11. The fraction of sp³-hybridized carbons (Fsp3) is 0.500. The normalized spacial score (nSPS) is 23.8. The molecule has 0 saturated heterocycles. The van der Waals surface area contributed by atoms with Crippen molar-refractivity contribution in [3.05, 3.63) is 28.2 Å². The van der Waals surface area contributed by atoms with Gasteiger partial charge in [-0.05, 0) is 36.1 Å². The van der Waals surface area contributed by atoms with Gasteiger partial charge in [-0.2, -0.15) is 0 Å². The summed E-state index contributed by atoms with van der Waals surface area (Å²) < 4.78 is 1.06. The van der Waals surface area contributed by atoms with Crippen LogP contribution in [0.4, 0.5) is 5.69 Å². The number of carbonyl (C=O) groups excluding carboxylic acids is 1. The topological polar surface area (TPSA) is 29.1 Å². The van der Waals surface area contributed by atoms with E-state index in [-0.39, 0.29) is 11.8 Å². The second-order valence-electron chi connectivity index (χ2n) is 5.16. The Morgan fingerprint density at radius 3 is 2.82 bits per heavy atom. The van der Waals surface area contributed by atoms with E-state index in [1.54, 1.807) is 0 Å². The Bertz CT molecular complexity index is 452. The molecule has 1 unspecified atom stereocenters. The molecule has 1 saturated carbocycles. The predicted octanol–water partition coefficient (Wildman–Crippen LogP) is 4.07. The van der Waals surface area contributed by atoms with Gasteiger partial charge in [-0.1, -0.05) is 41.6 Å². The van der Waals surface area contributed by atoms with E-state index in [0.717, 1.165) is 22.5 Å². The molecule has 1 fully saturated rings. The van der Waals surface area contributed by atoms with Crippen molar-refractivity contribution in [2.24, 2.45) is 5.92 Å². The summed E-state index contributed by atoms with van der Waals surface area (Å²) in [6, 6.07) is 6.07. The zero-order valence-corrected chi connectivity index (χ0v) is 11.3. The van der Waals surface area contributed by atoms with Crippen molar-refractivity contribution in [2.45, 2.75) is 38.0 Å². The smallest absolute Gasteiger partial charge is 0.232 e. The van der Waals surface area contributed by atoms with E-state index in [0.29, 0.717) is 0 Å². The molecule has 90 valence electrons. The molecule has 1 aromatic carbocycles. The molecule has 0 radical (unpaired) electrons. The van der Waals surface area contributed by atoms with Gasteiger partial charge in [-0.15, -0.1) is 0 Å². The average molecular weight is 294 g/mol. The van der Waals surface area contributed by atoms with E-state index in [1.807, 2.05) is 12.1 Å². The van der Waals surface area contributed by atoms with Crippen LogP contribution in [0, 0.1) is 5.92 Å². The van der Waals surface area contributed by atoms with Crippen LogP contribution in [0.25, 0.3) is 0 Å². The molecular weight excluding hydrogens is 278 g/mol. The summed E-state index contributed by atoms with van der Waals surface area (Å²) >= 11 is 3.49. The zero-order chi connectivity index (χ0) is 11.8. The molecule has 1 heterocycles. The maximum atomic E-state index is 12.0. The SMILES string of the molecule is O=C1Nc2ccc(Br)cc2C1CC1CCCC1. The van der Waals surface area contributed by atoms with Crippen LogP contribution in [-0.2, 0) is 4.79 Å². The Hall–Kier alpha value is -0.830. The molecular formula is C14H16BrNO. The zero-order valence-electron chi connectivity index (χ0n) is 9.71.